The van der Waals surface area contributed by atoms with E-state index in [1.807, 2.05) is 53.5 Å². The molecule has 1 aromatic carbocycles. The summed E-state index contributed by atoms with van der Waals surface area (Å²) in [5, 5.41) is 7.87. The lowest BCUT2D eigenvalue weighted by Gasteiger charge is -2.22. The Morgan fingerprint density at radius 1 is 1.08 bits per heavy atom. The van der Waals surface area contributed by atoms with Crippen LogP contribution in [0.5, 0.6) is 5.75 Å². The van der Waals surface area contributed by atoms with Gasteiger partial charge in [0.2, 0.25) is 0 Å². The molecule has 0 aliphatic carbocycles. The van der Waals surface area contributed by atoms with Gasteiger partial charge in [0.05, 0.1) is 11.7 Å². The molecule has 5 nitrogen and oxygen atoms in total. The van der Waals surface area contributed by atoms with Crippen molar-refractivity contribution in [3.63, 3.8) is 0 Å². The molecule has 0 saturated heterocycles. The lowest BCUT2D eigenvalue weighted by molar-refractivity contribution is 0.300. The van der Waals surface area contributed by atoms with Crippen LogP contribution in [0.1, 0.15) is 31.1 Å². The molecule has 0 amide bonds. The fraction of sp³-hybridized carbons (Fsp3) is 0.300. The first kappa shape index (κ1) is 17.2. The summed E-state index contributed by atoms with van der Waals surface area (Å²) in [6, 6.07) is 16.5. The van der Waals surface area contributed by atoms with Crippen molar-refractivity contribution in [3.05, 3.63) is 78.4 Å². The summed E-state index contributed by atoms with van der Waals surface area (Å²) in [7, 11) is 0. The number of aromatic nitrogens is 3. The number of hydrogen-bond donors (Lipinski definition) is 1. The van der Waals surface area contributed by atoms with Crippen LogP contribution in [-0.4, -0.2) is 20.8 Å². The molecule has 0 saturated carbocycles. The number of nitrogens with one attached hydrogen (secondary N) is 1. The Morgan fingerprint density at radius 3 is 2.76 bits per heavy atom. The maximum Gasteiger partial charge on any atom is 0.130 e. The van der Waals surface area contributed by atoms with Crippen LogP contribution in [0, 0.1) is 0 Å². The average Bonchev–Trinajstić information content (AvgIpc) is 3.20. The number of ether oxygens (including phenoxy) is 1. The highest BCUT2D eigenvalue weighted by Gasteiger charge is 2.13. The first-order chi connectivity index (χ1) is 12.2. The van der Waals surface area contributed by atoms with Crippen LogP contribution in [0.3, 0.4) is 0 Å². The molecule has 0 bridgehead atoms. The normalized spacial score (nSPS) is 13.4. The first-order valence-corrected chi connectivity index (χ1v) is 8.56. The van der Waals surface area contributed by atoms with Crippen LogP contribution in [-0.2, 0) is 13.2 Å². The van der Waals surface area contributed by atoms with Gasteiger partial charge in [0.25, 0.3) is 0 Å². The van der Waals surface area contributed by atoms with Crippen LogP contribution in [0.15, 0.2) is 67.1 Å². The highest BCUT2D eigenvalue weighted by molar-refractivity contribution is 5.28. The van der Waals surface area contributed by atoms with Crippen LogP contribution in [0.2, 0.25) is 0 Å². The van der Waals surface area contributed by atoms with E-state index >= 15 is 0 Å². The second-order valence-electron chi connectivity index (χ2n) is 6.15. The molecular weight excluding hydrogens is 312 g/mol. The summed E-state index contributed by atoms with van der Waals surface area (Å²) in [5.41, 5.74) is 2.12. The Bertz CT molecular complexity index is 758. The second kappa shape index (κ2) is 8.44. The van der Waals surface area contributed by atoms with Gasteiger partial charge < -0.3 is 10.1 Å². The topological polar surface area (TPSA) is 52.0 Å². The minimum atomic E-state index is 0.290. The Labute approximate surface area is 148 Å². The van der Waals surface area contributed by atoms with Crippen molar-refractivity contribution < 1.29 is 4.74 Å². The van der Waals surface area contributed by atoms with Crippen LogP contribution in [0.25, 0.3) is 0 Å². The fourth-order valence-corrected chi connectivity index (χ4v) is 2.59. The Morgan fingerprint density at radius 2 is 2.00 bits per heavy atom. The Hall–Kier alpha value is -2.66. The molecule has 2 heterocycles. The molecule has 0 radical (unpaired) electrons. The molecule has 0 unspecified atom stereocenters. The molecule has 1 N–H and O–H groups in total. The summed E-state index contributed by atoms with van der Waals surface area (Å²) in [6.45, 7) is 5.60. The maximum absolute atomic E-state index is 5.84. The van der Waals surface area contributed by atoms with E-state index in [0.717, 1.165) is 18.0 Å². The van der Waals surface area contributed by atoms with Gasteiger partial charge in [-0.25, -0.2) is 0 Å². The SMILES string of the molecule is C[C@H]([C@@H](C)NCc1cccc(OCc2ccccn2)c1)n1cccn1. The first-order valence-electron chi connectivity index (χ1n) is 8.56. The van der Waals surface area contributed by atoms with Crippen LogP contribution >= 0.6 is 0 Å². The van der Waals surface area contributed by atoms with Crippen molar-refractivity contribution in [2.24, 2.45) is 0 Å². The molecule has 3 aromatic rings. The van der Waals surface area contributed by atoms with Crippen molar-refractivity contribution in [1.29, 1.82) is 0 Å². The fourth-order valence-electron chi connectivity index (χ4n) is 2.59. The second-order valence-corrected chi connectivity index (χ2v) is 6.15. The van der Waals surface area contributed by atoms with E-state index in [9.17, 15) is 0 Å². The number of hydrogen-bond acceptors (Lipinski definition) is 4. The van der Waals surface area contributed by atoms with Gasteiger partial charge in [-0.15, -0.1) is 0 Å². The zero-order valence-corrected chi connectivity index (χ0v) is 14.7. The predicted molar refractivity (Wildman–Crippen MR) is 98.3 cm³/mol. The number of pyridine rings is 1. The van der Waals surface area contributed by atoms with E-state index in [1.165, 1.54) is 5.56 Å². The molecule has 0 aliphatic rings. The van der Waals surface area contributed by atoms with Gasteiger partial charge >= 0.3 is 0 Å². The van der Waals surface area contributed by atoms with Gasteiger partial charge in [0, 0.05) is 31.2 Å². The minimum Gasteiger partial charge on any atom is -0.487 e. The van der Waals surface area contributed by atoms with Crippen molar-refractivity contribution in [1.82, 2.24) is 20.1 Å². The summed E-state index contributed by atoms with van der Waals surface area (Å²) in [5.74, 6) is 0.859. The highest BCUT2D eigenvalue weighted by atomic mass is 16.5. The smallest absolute Gasteiger partial charge is 0.130 e. The van der Waals surface area contributed by atoms with E-state index in [4.69, 9.17) is 4.74 Å². The predicted octanol–water partition coefficient (Wildman–Crippen LogP) is 3.60. The summed E-state index contributed by atoms with van der Waals surface area (Å²) in [4.78, 5) is 4.27. The molecule has 0 spiro atoms. The largest absolute Gasteiger partial charge is 0.487 e. The van der Waals surface area contributed by atoms with Crippen molar-refractivity contribution >= 4 is 0 Å². The zero-order valence-electron chi connectivity index (χ0n) is 14.7. The molecule has 3 rings (SSSR count). The van der Waals surface area contributed by atoms with Gasteiger partial charge in [-0.2, -0.15) is 5.10 Å². The Kier molecular flexibility index (Phi) is 5.80. The van der Waals surface area contributed by atoms with Gasteiger partial charge in [-0.3, -0.25) is 9.67 Å². The molecule has 5 heteroatoms. The molecule has 0 aliphatic heterocycles. The number of nitrogens with zero attached hydrogens (tertiary/aromatic N) is 3. The minimum absolute atomic E-state index is 0.290. The molecule has 130 valence electrons. The summed E-state index contributed by atoms with van der Waals surface area (Å²) in [6.07, 6.45) is 5.59. The maximum atomic E-state index is 5.84. The zero-order chi connectivity index (χ0) is 17.5. The van der Waals surface area contributed by atoms with E-state index in [2.05, 4.69) is 41.4 Å². The third-order valence-corrected chi connectivity index (χ3v) is 4.31. The van der Waals surface area contributed by atoms with E-state index in [-0.39, 0.29) is 0 Å². The third-order valence-electron chi connectivity index (χ3n) is 4.31. The van der Waals surface area contributed by atoms with E-state index in [1.54, 1.807) is 6.20 Å². The standard InChI is InChI=1S/C20H24N4O/c1-16(17(2)24-12-6-11-23-24)22-14-18-7-5-9-20(13-18)25-15-19-8-3-4-10-21-19/h3-13,16-17,22H,14-15H2,1-2H3/t16-,17-/m1/s1. The van der Waals surface area contributed by atoms with Gasteiger partial charge in [-0.1, -0.05) is 18.2 Å². The van der Waals surface area contributed by atoms with Gasteiger partial charge in [0.1, 0.15) is 12.4 Å². The lowest BCUT2D eigenvalue weighted by Crippen LogP contribution is -2.33. The third kappa shape index (κ3) is 4.90. The molecule has 25 heavy (non-hydrogen) atoms. The van der Waals surface area contributed by atoms with Crippen molar-refractivity contribution in [2.45, 2.75) is 39.1 Å². The van der Waals surface area contributed by atoms with Gasteiger partial charge in [-0.05, 0) is 49.7 Å². The Balaban J connectivity index is 1.53. The molecule has 2 atom stereocenters. The molecule has 2 aromatic heterocycles. The summed E-state index contributed by atoms with van der Waals surface area (Å²) < 4.78 is 7.82. The molecule has 0 fully saturated rings. The number of rotatable bonds is 8. The summed E-state index contributed by atoms with van der Waals surface area (Å²) >= 11 is 0. The van der Waals surface area contributed by atoms with Gasteiger partial charge in [0.15, 0.2) is 0 Å². The lowest BCUT2D eigenvalue weighted by atomic mass is 10.1. The monoisotopic (exact) mass is 336 g/mol. The van der Waals surface area contributed by atoms with E-state index < -0.39 is 0 Å². The quantitative estimate of drug-likeness (QED) is 0.683. The van der Waals surface area contributed by atoms with E-state index in [0.29, 0.717) is 18.7 Å². The number of benzene rings is 1. The van der Waals surface area contributed by atoms with Crippen LogP contribution < -0.4 is 10.1 Å². The molecular formula is C20H24N4O. The highest BCUT2D eigenvalue weighted by Crippen LogP contribution is 2.16. The van der Waals surface area contributed by atoms with Crippen molar-refractivity contribution in [2.75, 3.05) is 0 Å². The van der Waals surface area contributed by atoms with Crippen LogP contribution in [0.4, 0.5) is 0 Å². The van der Waals surface area contributed by atoms with Crippen molar-refractivity contribution in [3.8, 4) is 5.75 Å². The average molecular weight is 336 g/mol.